The minimum absolute atomic E-state index is 0.00588. The number of likely N-dealkylation sites (tertiary alicyclic amines) is 1. The second-order valence-corrected chi connectivity index (χ2v) is 8.32. The van der Waals surface area contributed by atoms with Gasteiger partial charge in [-0.05, 0) is 48.5 Å². The smallest absolute Gasteiger partial charge is 0.227 e. The average molecular weight is 411 g/mol. The molecule has 0 radical (unpaired) electrons. The predicted octanol–water partition coefficient (Wildman–Crippen LogP) is 4.03. The lowest BCUT2D eigenvalue weighted by Crippen LogP contribution is -2.30. The molecule has 3 heterocycles. The van der Waals surface area contributed by atoms with E-state index in [1.54, 1.807) is 11.3 Å². The summed E-state index contributed by atoms with van der Waals surface area (Å²) >= 11 is 1.57. The van der Waals surface area contributed by atoms with E-state index in [-0.39, 0.29) is 5.91 Å². The van der Waals surface area contributed by atoms with E-state index in [4.69, 9.17) is 4.52 Å². The Balaban J connectivity index is 1.26. The van der Waals surface area contributed by atoms with E-state index >= 15 is 0 Å². The molecule has 1 aromatic carbocycles. The van der Waals surface area contributed by atoms with Crippen molar-refractivity contribution >= 4 is 17.2 Å². The van der Waals surface area contributed by atoms with Crippen LogP contribution in [0.2, 0.25) is 0 Å². The Hall–Kier alpha value is -2.51. The molecule has 7 heteroatoms. The maximum Gasteiger partial charge on any atom is 0.227 e. The number of nitrogens with zero attached hydrogens (tertiary/aromatic N) is 3. The van der Waals surface area contributed by atoms with E-state index < -0.39 is 0 Å². The van der Waals surface area contributed by atoms with Gasteiger partial charge in [0.2, 0.25) is 17.6 Å². The van der Waals surface area contributed by atoms with Crippen LogP contribution in [0.5, 0.6) is 0 Å². The fourth-order valence-electron chi connectivity index (χ4n) is 3.61. The molecule has 1 aliphatic rings. The molecule has 1 aliphatic heterocycles. The topological polar surface area (TPSA) is 71.3 Å². The molecule has 152 valence electrons. The van der Waals surface area contributed by atoms with Crippen LogP contribution >= 0.6 is 11.3 Å². The summed E-state index contributed by atoms with van der Waals surface area (Å²) in [6.07, 6.45) is 4.68. The summed E-state index contributed by atoms with van der Waals surface area (Å²) in [4.78, 5) is 20.2. The number of aryl methyl sites for hydroxylation is 1. The third-order valence-electron chi connectivity index (χ3n) is 5.21. The van der Waals surface area contributed by atoms with Crippen molar-refractivity contribution in [3.63, 3.8) is 0 Å². The van der Waals surface area contributed by atoms with Gasteiger partial charge in [-0.1, -0.05) is 41.9 Å². The standard InChI is InChI=1S/C22H26N4O2S/c27-20(10-11-21-24-22(25-28-21)19-9-6-14-29-19)23-15-17-7-2-3-8-18(17)16-26-12-4-1-5-13-26/h2-3,6-9,14H,1,4-5,10-13,15-16H2,(H,23,27). The second kappa shape index (κ2) is 9.80. The zero-order valence-corrected chi connectivity index (χ0v) is 17.3. The lowest BCUT2D eigenvalue weighted by Gasteiger charge is -2.27. The maximum absolute atomic E-state index is 12.3. The Morgan fingerprint density at radius 2 is 1.93 bits per heavy atom. The van der Waals surface area contributed by atoms with Crippen molar-refractivity contribution < 1.29 is 9.32 Å². The average Bonchev–Trinajstić information content (AvgIpc) is 3.44. The number of amides is 1. The molecule has 0 spiro atoms. The number of rotatable bonds is 8. The highest BCUT2D eigenvalue weighted by Gasteiger charge is 2.14. The molecule has 6 nitrogen and oxygen atoms in total. The van der Waals surface area contributed by atoms with Gasteiger partial charge in [-0.3, -0.25) is 9.69 Å². The van der Waals surface area contributed by atoms with Gasteiger partial charge in [0.1, 0.15) is 0 Å². The first-order valence-electron chi connectivity index (χ1n) is 10.2. The molecule has 0 saturated carbocycles. The first kappa shape index (κ1) is 19.8. The minimum Gasteiger partial charge on any atom is -0.352 e. The fraction of sp³-hybridized carbons (Fsp3) is 0.409. The highest BCUT2D eigenvalue weighted by Crippen LogP contribution is 2.21. The highest BCUT2D eigenvalue weighted by molar-refractivity contribution is 7.13. The monoisotopic (exact) mass is 410 g/mol. The quantitative estimate of drug-likeness (QED) is 0.607. The number of nitrogens with one attached hydrogen (secondary N) is 1. The van der Waals surface area contributed by atoms with E-state index in [1.807, 2.05) is 23.6 Å². The summed E-state index contributed by atoms with van der Waals surface area (Å²) in [7, 11) is 0. The molecule has 0 aliphatic carbocycles. The van der Waals surface area contributed by atoms with E-state index in [2.05, 4.69) is 38.6 Å². The zero-order chi connectivity index (χ0) is 19.9. The van der Waals surface area contributed by atoms with Gasteiger partial charge in [0.05, 0.1) is 4.88 Å². The SMILES string of the molecule is O=C(CCc1nc(-c2cccs2)no1)NCc1ccccc1CN1CCCCC1. The van der Waals surface area contributed by atoms with Gasteiger partial charge in [-0.15, -0.1) is 11.3 Å². The Labute approximate surface area is 174 Å². The molecule has 1 fully saturated rings. The van der Waals surface area contributed by atoms with Gasteiger partial charge in [-0.25, -0.2) is 0 Å². The van der Waals surface area contributed by atoms with E-state index in [0.29, 0.717) is 31.1 Å². The summed E-state index contributed by atoms with van der Waals surface area (Å²) in [5.74, 6) is 1.07. The molecule has 1 saturated heterocycles. The van der Waals surface area contributed by atoms with Crippen molar-refractivity contribution in [3.8, 4) is 10.7 Å². The van der Waals surface area contributed by atoms with Crippen LogP contribution in [0.25, 0.3) is 10.7 Å². The summed E-state index contributed by atoms with van der Waals surface area (Å²) in [5.41, 5.74) is 2.48. The van der Waals surface area contributed by atoms with Crippen molar-refractivity contribution in [1.82, 2.24) is 20.4 Å². The van der Waals surface area contributed by atoms with Crippen LogP contribution in [0.4, 0.5) is 0 Å². The van der Waals surface area contributed by atoms with Gasteiger partial charge in [0, 0.05) is 25.9 Å². The Kier molecular flexibility index (Phi) is 6.69. The second-order valence-electron chi connectivity index (χ2n) is 7.37. The first-order valence-corrected chi connectivity index (χ1v) is 11.1. The third kappa shape index (κ3) is 5.52. The van der Waals surface area contributed by atoms with Gasteiger partial charge in [0.15, 0.2) is 0 Å². The van der Waals surface area contributed by atoms with Gasteiger partial charge >= 0.3 is 0 Å². The molecule has 4 rings (SSSR count). The summed E-state index contributed by atoms with van der Waals surface area (Å²) in [6, 6.07) is 12.3. The zero-order valence-electron chi connectivity index (χ0n) is 16.5. The molecule has 2 aromatic heterocycles. The van der Waals surface area contributed by atoms with Crippen LogP contribution in [-0.2, 0) is 24.3 Å². The van der Waals surface area contributed by atoms with Crippen LogP contribution < -0.4 is 5.32 Å². The Bertz CT molecular complexity index is 917. The molecule has 0 bridgehead atoms. The summed E-state index contributed by atoms with van der Waals surface area (Å²) < 4.78 is 5.27. The number of hydrogen-bond donors (Lipinski definition) is 1. The molecule has 3 aromatic rings. The highest BCUT2D eigenvalue weighted by atomic mass is 32.1. The lowest BCUT2D eigenvalue weighted by atomic mass is 10.0. The van der Waals surface area contributed by atoms with E-state index in [0.717, 1.165) is 11.4 Å². The molecule has 0 atom stereocenters. The van der Waals surface area contributed by atoms with Crippen LogP contribution in [0, 0.1) is 0 Å². The molecular formula is C22H26N4O2S. The van der Waals surface area contributed by atoms with Gasteiger partial charge in [0.25, 0.3) is 0 Å². The Morgan fingerprint density at radius 3 is 2.72 bits per heavy atom. The van der Waals surface area contributed by atoms with Crippen LogP contribution in [0.3, 0.4) is 0 Å². The van der Waals surface area contributed by atoms with Crippen LogP contribution in [0.15, 0.2) is 46.3 Å². The minimum atomic E-state index is -0.00588. The maximum atomic E-state index is 12.3. The lowest BCUT2D eigenvalue weighted by molar-refractivity contribution is -0.121. The fourth-order valence-corrected chi connectivity index (χ4v) is 4.26. The number of thiophene rings is 1. The van der Waals surface area contributed by atoms with Crippen LogP contribution in [0.1, 0.15) is 42.7 Å². The van der Waals surface area contributed by atoms with Gasteiger partial charge < -0.3 is 9.84 Å². The number of carbonyl (C=O) groups excluding carboxylic acids is 1. The molecule has 29 heavy (non-hydrogen) atoms. The number of aromatic nitrogens is 2. The van der Waals surface area contributed by atoms with Crippen molar-refractivity contribution in [1.29, 1.82) is 0 Å². The van der Waals surface area contributed by atoms with Gasteiger partial charge in [-0.2, -0.15) is 4.98 Å². The Morgan fingerprint density at radius 1 is 1.10 bits per heavy atom. The van der Waals surface area contributed by atoms with Crippen molar-refractivity contribution in [2.24, 2.45) is 0 Å². The third-order valence-corrected chi connectivity index (χ3v) is 6.08. The van der Waals surface area contributed by atoms with Crippen molar-refractivity contribution in [3.05, 3.63) is 58.8 Å². The number of benzene rings is 1. The molecule has 0 unspecified atom stereocenters. The summed E-state index contributed by atoms with van der Waals surface area (Å²) in [6.45, 7) is 3.84. The number of hydrogen-bond acceptors (Lipinski definition) is 6. The number of piperidine rings is 1. The summed E-state index contributed by atoms with van der Waals surface area (Å²) in [5, 5.41) is 9.00. The molecular weight excluding hydrogens is 384 g/mol. The normalized spacial score (nSPS) is 14.8. The number of carbonyl (C=O) groups is 1. The molecule has 1 N–H and O–H groups in total. The molecule has 1 amide bonds. The largest absolute Gasteiger partial charge is 0.352 e. The predicted molar refractivity (Wildman–Crippen MR) is 113 cm³/mol. The van der Waals surface area contributed by atoms with E-state index in [1.165, 1.54) is 43.5 Å². The van der Waals surface area contributed by atoms with E-state index in [9.17, 15) is 4.79 Å². The van der Waals surface area contributed by atoms with Crippen LogP contribution in [-0.4, -0.2) is 34.0 Å². The van der Waals surface area contributed by atoms with Crippen molar-refractivity contribution in [2.45, 2.75) is 45.2 Å². The van der Waals surface area contributed by atoms with Crippen molar-refractivity contribution in [2.75, 3.05) is 13.1 Å². The first-order chi connectivity index (χ1) is 14.3.